The van der Waals surface area contributed by atoms with Gasteiger partial charge in [0, 0.05) is 0 Å². The summed E-state index contributed by atoms with van der Waals surface area (Å²) in [6, 6.07) is 17.6. The average molecular weight is 324 g/mol. The van der Waals surface area contributed by atoms with E-state index in [4.69, 9.17) is 17.0 Å². The van der Waals surface area contributed by atoms with Crippen molar-refractivity contribution in [2.75, 3.05) is 0 Å². The minimum Gasteiger partial charge on any atom is -0.486 e. The molecule has 0 fully saturated rings. The van der Waals surface area contributed by atoms with Gasteiger partial charge in [0.15, 0.2) is 5.82 Å². The number of aromatic nitrogens is 3. The molecule has 0 spiro atoms. The minimum atomic E-state index is 0.280. The molecule has 6 heteroatoms. The molecule has 0 radical (unpaired) electrons. The molecule has 0 aliphatic rings. The van der Waals surface area contributed by atoms with Gasteiger partial charge in [0.2, 0.25) is 4.77 Å². The van der Waals surface area contributed by atoms with Crippen molar-refractivity contribution in [2.24, 2.45) is 5.10 Å². The highest BCUT2D eigenvalue weighted by atomic mass is 32.1. The second-order valence-electron chi connectivity index (χ2n) is 5.01. The van der Waals surface area contributed by atoms with Crippen molar-refractivity contribution in [3.05, 3.63) is 76.3 Å². The highest BCUT2D eigenvalue weighted by molar-refractivity contribution is 7.71. The molecule has 2 aromatic carbocycles. The number of rotatable bonds is 5. The largest absolute Gasteiger partial charge is 0.486 e. The predicted molar refractivity (Wildman–Crippen MR) is 92.4 cm³/mol. The van der Waals surface area contributed by atoms with E-state index in [-0.39, 0.29) is 6.61 Å². The summed E-state index contributed by atoms with van der Waals surface area (Å²) >= 11 is 5.22. The van der Waals surface area contributed by atoms with Gasteiger partial charge in [-0.05, 0) is 36.8 Å². The summed E-state index contributed by atoms with van der Waals surface area (Å²) in [5, 5.41) is 11.3. The molecule has 0 amide bonds. The van der Waals surface area contributed by atoms with Gasteiger partial charge in [0.1, 0.15) is 12.4 Å². The molecule has 0 unspecified atom stereocenters. The number of nitrogens with zero attached hydrogens (tertiary/aromatic N) is 3. The lowest BCUT2D eigenvalue weighted by Crippen LogP contribution is -2.04. The molecule has 1 heterocycles. The van der Waals surface area contributed by atoms with Crippen LogP contribution < -0.4 is 4.74 Å². The topological polar surface area (TPSA) is 55.2 Å². The smallest absolute Gasteiger partial charge is 0.216 e. The third kappa shape index (κ3) is 3.92. The Morgan fingerprint density at radius 3 is 2.65 bits per heavy atom. The average Bonchev–Trinajstić information content (AvgIpc) is 2.93. The second kappa shape index (κ2) is 7.02. The molecule has 3 aromatic rings. The van der Waals surface area contributed by atoms with Crippen molar-refractivity contribution in [3.63, 3.8) is 0 Å². The van der Waals surface area contributed by atoms with Crippen molar-refractivity contribution in [1.29, 1.82) is 0 Å². The highest BCUT2D eigenvalue weighted by Crippen LogP contribution is 2.11. The zero-order valence-electron chi connectivity index (χ0n) is 12.6. The lowest BCUT2D eigenvalue weighted by molar-refractivity contribution is 0.290. The van der Waals surface area contributed by atoms with E-state index in [2.05, 4.69) is 15.3 Å². The number of ether oxygens (including phenoxy) is 1. The third-order valence-electron chi connectivity index (χ3n) is 3.23. The molecule has 0 bridgehead atoms. The highest BCUT2D eigenvalue weighted by Gasteiger charge is 2.05. The van der Waals surface area contributed by atoms with Crippen molar-refractivity contribution in [3.8, 4) is 5.75 Å². The third-order valence-corrected chi connectivity index (χ3v) is 3.49. The summed E-state index contributed by atoms with van der Waals surface area (Å²) < 4.78 is 7.69. The quantitative estimate of drug-likeness (QED) is 0.575. The lowest BCUT2D eigenvalue weighted by Gasteiger charge is -2.04. The van der Waals surface area contributed by atoms with Gasteiger partial charge in [-0.15, -0.1) is 0 Å². The normalized spacial score (nSPS) is 11.0. The number of aromatic amines is 1. The molecule has 3 rings (SSSR count). The van der Waals surface area contributed by atoms with Crippen molar-refractivity contribution < 1.29 is 4.74 Å². The summed E-state index contributed by atoms with van der Waals surface area (Å²) in [4.78, 5) is 0. The van der Waals surface area contributed by atoms with E-state index in [1.807, 2.05) is 61.5 Å². The fourth-order valence-electron chi connectivity index (χ4n) is 1.98. The van der Waals surface area contributed by atoms with Gasteiger partial charge >= 0.3 is 0 Å². The maximum atomic E-state index is 5.69. The molecule has 0 saturated carbocycles. The molecule has 5 nitrogen and oxygen atoms in total. The first-order valence-corrected chi connectivity index (χ1v) is 7.58. The predicted octanol–water partition coefficient (Wildman–Crippen LogP) is 3.71. The van der Waals surface area contributed by atoms with Crippen LogP contribution in [-0.2, 0) is 6.61 Å². The number of aryl methyl sites for hydroxylation is 1. The fraction of sp³-hybridized carbons (Fsp3) is 0.118. The second-order valence-corrected chi connectivity index (χ2v) is 5.40. The Morgan fingerprint density at radius 2 is 1.91 bits per heavy atom. The van der Waals surface area contributed by atoms with E-state index in [1.54, 1.807) is 10.9 Å². The van der Waals surface area contributed by atoms with Crippen LogP contribution in [0, 0.1) is 11.7 Å². The summed E-state index contributed by atoms with van der Waals surface area (Å²) in [7, 11) is 0. The van der Waals surface area contributed by atoms with E-state index in [1.165, 1.54) is 5.56 Å². The molecule has 1 N–H and O–H groups in total. The summed E-state index contributed by atoms with van der Waals surface area (Å²) in [5.41, 5.74) is 2.20. The molecule has 1 aromatic heterocycles. The molecule has 116 valence electrons. The van der Waals surface area contributed by atoms with E-state index in [0.717, 1.165) is 11.3 Å². The Labute approximate surface area is 139 Å². The maximum absolute atomic E-state index is 5.69. The zero-order chi connectivity index (χ0) is 16.1. The van der Waals surface area contributed by atoms with Crippen molar-refractivity contribution >= 4 is 18.4 Å². The number of benzene rings is 2. The number of hydrogen-bond donors (Lipinski definition) is 1. The maximum Gasteiger partial charge on any atom is 0.216 e. The monoisotopic (exact) mass is 324 g/mol. The van der Waals surface area contributed by atoms with Gasteiger partial charge in [0.05, 0.1) is 6.21 Å². The van der Waals surface area contributed by atoms with Crippen LogP contribution >= 0.6 is 12.2 Å². The Hall–Kier alpha value is -2.73. The zero-order valence-corrected chi connectivity index (χ0v) is 13.5. The van der Waals surface area contributed by atoms with Gasteiger partial charge in [-0.25, -0.2) is 5.10 Å². The van der Waals surface area contributed by atoms with Gasteiger partial charge in [-0.3, -0.25) is 0 Å². The van der Waals surface area contributed by atoms with Gasteiger partial charge in [0.25, 0.3) is 0 Å². The molecular weight excluding hydrogens is 308 g/mol. The summed E-state index contributed by atoms with van der Waals surface area (Å²) in [6.07, 6.45) is 1.75. The molecule has 0 saturated heterocycles. The Bertz CT molecular complexity index is 850. The number of hydrogen-bond acceptors (Lipinski definition) is 4. The van der Waals surface area contributed by atoms with E-state index in [0.29, 0.717) is 10.6 Å². The van der Waals surface area contributed by atoms with Crippen LogP contribution in [0.1, 0.15) is 17.0 Å². The summed E-state index contributed by atoms with van der Waals surface area (Å²) in [5.74, 6) is 1.39. The van der Waals surface area contributed by atoms with Crippen LogP contribution in [0.4, 0.5) is 0 Å². The Morgan fingerprint density at radius 1 is 1.17 bits per heavy atom. The Kier molecular flexibility index (Phi) is 4.63. The lowest BCUT2D eigenvalue weighted by atomic mass is 10.2. The number of nitrogens with one attached hydrogen (secondary N) is 1. The minimum absolute atomic E-state index is 0.280. The molecule has 0 atom stereocenters. The Balaban J connectivity index is 1.76. The van der Waals surface area contributed by atoms with Crippen LogP contribution in [0.15, 0.2) is 59.7 Å². The van der Waals surface area contributed by atoms with Gasteiger partial charge in [-0.2, -0.15) is 14.9 Å². The number of H-pyrrole nitrogens is 1. The van der Waals surface area contributed by atoms with E-state index in [9.17, 15) is 0 Å². The van der Waals surface area contributed by atoms with Crippen LogP contribution in [0.3, 0.4) is 0 Å². The van der Waals surface area contributed by atoms with Crippen molar-refractivity contribution in [1.82, 2.24) is 14.9 Å². The first-order valence-electron chi connectivity index (χ1n) is 7.17. The first-order chi connectivity index (χ1) is 11.2. The molecular formula is C17H16N4OS. The van der Waals surface area contributed by atoms with Crippen molar-refractivity contribution in [2.45, 2.75) is 13.5 Å². The van der Waals surface area contributed by atoms with Crippen LogP contribution in [-0.4, -0.2) is 21.1 Å². The molecule has 0 aliphatic heterocycles. The van der Waals surface area contributed by atoms with Crippen LogP contribution in [0.5, 0.6) is 5.75 Å². The van der Waals surface area contributed by atoms with Crippen LogP contribution in [0.2, 0.25) is 0 Å². The van der Waals surface area contributed by atoms with Gasteiger partial charge in [-0.1, -0.05) is 48.0 Å². The van der Waals surface area contributed by atoms with E-state index >= 15 is 0 Å². The van der Waals surface area contributed by atoms with E-state index < -0.39 is 0 Å². The number of para-hydroxylation sites is 1. The first kappa shape index (κ1) is 15.2. The van der Waals surface area contributed by atoms with Gasteiger partial charge < -0.3 is 4.74 Å². The molecule has 0 aliphatic carbocycles. The standard InChI is InChI=1S/C17H16N4OS/c1-13-7-9-14(10-8-13)11-18-21-16(19-20-17(21)23)12-22-15-5-3-2-4-6-15/h2-11H,12H2,1H3,(H,20,23). The summed E-state index contributed by atoms with van der Waals surface area (Å²) in [6.45, 7) is 2.33. The molecule has 23 heavy (non-hydrogen) atoms. The van der Waals surface area contributed by atoms with Crippen LogP contribution in [0.25, 0.3) is 0 Å². The SMILES string of the molecule is Cc1ccc(C=Nn2c(COc3ccccc3)n[nH]c2=S)cc1. The fourth-order valence-corrected chi connectivity index (χ4v) is 2.18.